The summed E-state index contributed by atoms with van der Waals surface area (Å²) in [4.78, 5) is 15.4. The van der Waals surface area contributed by atoms with E-state index in [1.165, 1.54) is 0 Å². The van der Waals surface area contributed by atoms with Crippen LogP contribution in [0.1, 0.15) is 12.8 Å². The minimum Gasteiger partial charge on any atom is -0.381 e. The van der Waals surface area contributed by atoms with Gasteiger partial charge in [-0.25, -0.2) is 4.79 Å². The second kappa shape index (κ2) is 6.85. The summed E-state index contributed by atoms with van der Waals surface area (Å²) in [7, 11) is 3.59. The molecule has 1 aliphatic rings. The number of piperidine rings is 1. The highest BCUT2D eigenvalue weighted by Crippen LogP contribution is 2.25. The molecule has 1 aromatic rings. The zero-order valence-electron chi connectivity index (χ0n) is 11.7. The summed E-state index contributed by atoms with van der Waals surface area (Å²) in [5.74, 6) is 0. The number of hydrogen-bond donors (Lipinski definition) is 1. The van der Waals surface area contributed by atoms with E-state index in [9.17, 15) is 4.79 Å². The molecule has 4 nitrogen and oxygen atoms in total. The molecule has 0 spiro atoms. The Morgan fingerprint density at radius 3 is 2.60 bits per heavy atom. The summed E-state index contributed by atoms with van der Waals surface area (Å²) in [5, 5.41) is 4.30. The number of amides is 2. The standard InChI is InChI=1S/C14H19ClIN3O/c1-18(2)14(20)19-7-5-11(6-8-19)17-13-4-3-10(15)9-12(13)16/h3-4,9,11,17H,5-8H2,1-2H3. The number of urea groups is 1. The van der Waals surface area contributed by atoms with Crippen molar-refractivity contribution >= 4 is 45.9 Å². The number of rotatable bonds is 2. The van der Waals surface area contributed by atoms with E-state index in [2.05, 4.69) is 27.9 Å². The van der Waals surface area contributed by atoms with Crippen LogP contribution in [0, 0.1) is 3.57 Å². The van der Waals surface area contributed by atoms with Crippen molar-refractivity contribution < 1.29 is 4.79 Å². The van der Waals surface area contributed by atoms with Crippen LogP contribution in [0.25, 0.3) is 0 Å². The molecule has 0 atom stereocenters. The van der Waals surface area contributed by atoms with Crippen LogP contribution in [0.5, 0.6) is 0 Å². The number of nitrogens with zero attached hydrogens (tertiary/aromatic N) is 2. The summed E-state index contributed by atoms with van der Waals surface area (Å²) in [5.41, 5.74) is 1.12. The van der Waals surface area contributed by atoms with Crippen molar-refractivity contribution in [3.63, 3.8) is 0 Å². The fourth-order valence-corrected chi connectivity index (χ4v) is 3.35. The molecule has 1 heterocycles. The molecule has 2 amide bonds. The number of nitrogens with one attached hydrogen (secondary N) is 1. The molecule has 1 aliphatic heterocycles. The Labute approximate surface area is 138 Å². The molecule has 0 saturated carbocycles. The molecule has 110 valence electrons. The number of hydrogen-bond acceptors (Lipinski definition) is 2. The number of carbonyl (C=O) groups excluding carboxylic acids is 1. The van der Waals surface area contributed by atoms with Gasteiger partial charge in [-0.1, -0.05) is 11.6 Å². The van der Waals surface area contributed by atoms with Crippen LogP contribution in [0.15, 0.2) is 18.2 Å². The van der Waals surface area contributed by atoms with E-state index < -0.39 is 0 Å². The van der Waals surface area contributed by atoms with Gasteiger partial charge in [0.05, 0.1) is 0 Å². The maximum atomic E-state index is 11.9. The normalized spacial score (nSPS) is 16.1. The molecule has 1 saturated heterocycles. The molecule has 0 aliphatic carbocycles. The van der Waals surface area contributed by atoms with Gasteiger partial charge in [0.25, 0.3) is 0 Å². The van der Waals surface area contributed by atoms with Crippen LogP contribution >= 0.6 is 34.2 Å². The Balaban J connectivity index is 1.90. The van der Waals surface area contributed by atoms with Crippen LogP contribution in [0.2, 0.25) is 5.02 Å². The number of benzene rings is 1. The minimum atomic E-state index is 0.101. The first-order valence-electron chi connectivity index (χ1n) is 6.65. The lowest BCUT2D eigenvalue weighted by molar-refractivity contribution is 0.158. The first-order chi connectivity index (χ1) is 9.47. The van der Waals surface area contributed by atoms with Gasteiger partial charge in [-0.15, -0.1) is 0 Å². The van der Waals surface area contributed by atoms with E-state index in [1.807, 2.05) is 23.1 Å². The quantitative estimate of drug-likeness (QED) is 0.762. The van der Waals surface area contributed by atoms with E-state index in [1.54, 1.807) is 19.0 Å². The van der Waals surface area contributed by atoms with Gasteiger partial charge in [-0.3, -0.25) is 0 Å². The minimum absolute atomic E-state index is 0.101. The van der Waals surface area contributed by atoms with Gasteiger partial charge in [0, 0.05) is 47.5 Å². The van der Waals surface area contributed by atoms with Crippen molar-refractivity contribution in [3.8, 4) is 0 Å². The van der Waals surface area contributed by atoms with E-state index in [4.69, 9.17) is 11.6 Å². The zero-order valence-corrected chi connectivity index (χ0v) is 14.6. The Morgan fingerprint density at radius 1 is 1.40 bits per heavy atom. The number of carbonyl (C=O) groups is 1. The second-order valence-corrected chi connectivity index (χ2v) is 6.81. The molecule has 1 aromatic carbocycles. The highest BCUT2D eigenvalue weighted by molar-refractivity contribution is 14.1. The van der Waals surface area contributed by atoms with Gasteiger partial charge in [0.1, 0.15) is 0 Å². The Hall–Kier alpha value is -0.690. The van der Waals surface area contributed by atoms with Gasteiger partial charge >= 0.3 is 6.03 Å². The molecule has 6 heteroatoms. The average molecular weight is 408 g/mol. The van der Waals surface area contributed by atoms with Gasteiger partial charge in [-0.2, -0.15) is 0 Å². The predicted molar refractivity (Wildman–Crippen MR) is 91.5 cm³/mol. The Kier molecular flexibility index (Phi) is 5.37. The monoisotopic (exact) mass is 407 g/mol. The maximum Gasteiger partial charge on any atom is 0.319 e. The third-order valence-electron chi connectivity index (χ3n) is 3.44. The van der Waals surface area contributed by atoms with Crippen LogP contribution in [0.4, 0.5) is 10.5 Å². The molecule has 1 fully saturated rings. The van der Waals surface area contributed by atoms with E-state index in [-0.39, 0.29) is 6.03 Å². The lowest BCUT2D eigenvalue weighted by Gasteiger charge is -2.34. The van der Waals surface area contributed by atoms with Gasteiger partial charge < -0.3 is 15.1 Å². The highest BCUT2D eigenvalue weighted by atomic mass is 127. The fraction of sp³-hybridized carbons (Fsp3) is 0.500. The molecule has 0 bridgehead atoms. The van der Waals surface area contributed by atoms with Gasteiger partial charge in [-0.05, 0) is 53.6 Å². The molecule has 0 aromatic heterocycles. The zero-order chi connectivity index (χ0) is 14.7. The van der Waals surface area contributed by atoms with E-state index in [0.29, 0.717) is 6.04 Å². The van der Waals surface area contributed by atoms with Crippen LogP contribution < -0.4 is 5.32 Å². The molecule has 2 rings (SSSR count). The number of likely N-dealkylation sites (tertiary alicyclic amines) is 1. The molecule has 1 N–H and O–H groups in total. The first-order valence-corrected chi connectivity index (χ1v) is 8.11. The molecule has 0 unspecified atom stereocenters. The topological polar surface area (TPSA) is 35.6 Å². The average Bonchev–Trinajstić information content (AvgIpc) is 2.42. The smallest absolute Gasteiger partial charge is 0.319 e. The Morgan fingerprint density at radius 2 is 2.05 bits per heavy atom. The predicted octanol–water partition coefficient (Wildman–Crippen LogP) is 3.50. The number of halogens is 2. The second-order valence-electron chi connectivity index (χ2n) is 5.21. The van der Waals surface area contributed by atoms with E-state index in [0.717, 1.165) is 40.2 Å². The fourth-order valence-electron chi connectivity index (χ4n) is 2.32. The van der Waals surface area contributed by atoms with E-state index >= 15 is 0 Å². The van der Waals surface area contributed by atoms with Gasteiger partial charge in [0.15, 0.2) is 0 Å². The highest BCUT2D eigenvalue weighted by Gasteiger charge is 2.23. The summed E-state index contributed by atoms with van der Waals surface area (Å²) < 4.78 is 1.13. The van der Waals surface area contributed by atoms with Crippen molar-refractivity contribution in [3.05, 3.63) is 26.8 Å². The lowest BCUT2D eigenvalue weighted by atomic mass is 10.0. The third kappa shape index (κ3) is 3.91. The van der Waals surface area contributed by atoms with Crippen LogP contribution in [-0.4, -0.2) is 49.1 Å². The molecule has 20 heavy (non-hydrogen) atoms. The van der Waals surface area contributed by atoms with Crippen LogP contribution in [-0.2, 0) is 0 Å². The summed E-state index contributed by atoms with van der Waals surface area (Å²) in [6.07, 6.45) is 1.94. The molecule has 0 radical (unpaired) electrons. The largest absolute Gasteiger partial charge is 0.381 e. The number of anilines is 1. The van der Waals surface area contributed by atoms with Crippen molar-refractivity contribution in [2.45, 2.75) is 18.9 Å². The summed E-state index contributed by atoms with van der Waals surface area (Å²) in [6, 6.07) is 6.38. The van der Waals surface area contributed by atoms with Crippen molar-refractivity contribution in [2.24, 2.45) is 0 Å². The Bertz CT molecular complexity index is 487. The SMILES string of the molecule is CN(C)C(=O)N1CCC(Nc2ccc(Cl)cc2I)CC1. The molecular weight excluding hydrogens is 389 g/mol. The van der Waals surface area contributed by atoms with Crippen molar-refractivity contribution in [1.29, 1.82) is 0 Å². The first kappa shape index (κ1) is 15.7. The summed E-state index contributed by atoms with van der Waals surface area (Å²) in [6.45, 7) is 1.61. The summed E-state index contributed by atoms with van der Waals surface area (Å²) >= 11 is 8.25. The lowest BCUT2D eigenvalue weighted by Crippen LogP contribution is -2.46. The van der Waals surface area contributed by atoms with Crippen LogP contribution in [0.3, 0.4) is 0 Å². The maximum absolute atomic E-state index is 11.9. The molecular formula is C14H19ClIN3O. The van der Waals surface area contributed by atoms with Gasteiger partial charge in [0.2, 0.25) is 0 Å². The third-order valence-corrected chi connectivity index (χ3v) is 4.57. The van der Waals surface area contributed by atoms with Crippen molar-refractivity contribution in [1.82, 2.24) is 9.80 Å². The van der Waals surface area contributed by atoms with Crippen molar-refractivity contribution in [2.75, 3.05) is 32.5 Å².